The van der Waals surface area contributed by atoms with Gasteiger partial charge in [0, 0.05) is 39.2 Å². The molecule has 10 heteroatoms. The van der Waals surface area contributed by atoms with Crippen LogP contribution in [-0.4, -0.2) is 57.4 Å². The SMILES string of the molecule is CC[C@@H](NC(=O)N1C(=O)[C@H](Cc2cc(C)nc(NC)c2)[C@H]1C(=O)N(C)c1nccn1C)c1ccccc1. The zero-order valence-electron chi connectivity index (χ0n) is 21.8. The fourth-order valence-electron chi connectivity index (χ4n) is 4.80. The van der Waals surface area contributed by atoms with Gasteiger partial charge in [0.15, 0.2) is 0 Å². The lowest BCUT2D eigenvalue weighted by molar-refractivity contribution is -0.156. The zero-order chi connectivity index (χ0) is 26.7. The zero-order valence-corrected chi connectivity index (χ0v) is 21.8. The summed E-state index contributed by atoms with van der Waals surface area (Å²) in [4.78, 5) is 51.6. The number of amides is 4. The standard InChI is InChI=1S/C27H33N7O3/c1-6-21(19-10-8-7-9-11-19)31-27(37)34-23(25(36)33(5)26-29-12-13-32(26)4)20(24(34)35)15-18-14-17(2)30-22(16-18)28-3/h7-14,16,20-21,23H,6,15H2,1-5H3,(H,28,30)(H,31,37)/t20-,21-,23+/m1/s1. The highest BCUT2D eigenvalue weighted by molar-refractivity contribution is 6.12. The van der Waals surface area contributed by atoms with E-state index in [1.807, 2.05) is 56.3 Å². The highest BCUT2D eigenvalue weighted by Gasteiger charge is 2.55. The number of likely N-dealkylation sites (N-methyl/N-ethyl adjacent to an activating group) is 1. The molecule has 0 spiro atoms. The van der Waals surface area contributed by atoms with Crippen LogP contribution in [0.4, 0.5) is 16.6 Å². The Morgan fingerprint density at radius 1 is 1.19 bits per heavy atom. The van der Waals surface area contributed by atoms with Gasteiger partial charge in [0.1, 0.15) is 11.9 Å². The second-order valence-electron chi connectivity index (χ2n) is 9.27. The average Bonchev–Trinajstić information content (AvgIpc) is 3.33. The first-order valence-electron chi connectivity index (χ1n) is 12.3. The largest absolute Gasteiger partial charge is 0.373 e. The number of hydrogen-bond donors (Lipinski definition) is 2. The fourth-order valence-corrected chi connectivity index (χ4v) is 4.80. The van der Waals surface area contributed by atoms with Crippen LogP contribution in [0.2, 0.25) is 0 Å². The number of rotatable bonds is 8. The molecule has 37 heavy (non-hydrogen) atoms. The highest BCUT2D eigenvalue weighted by Crippen LogP contribution is 2.33. The first kappa shape index (κ1) is 25.9. The van der Waals surface area contributed by atoms with Gasteiger partial charge in [0.25, 0.3) is 5.91 Å². The van der Waals surface area contributed by atoms with Gasteiger partial charge in [0.2, 0.25) is 11.9 Å². The molecule has 0 aliphatic carbocycles. The summed E-state index contributed by atoms with van der Waals surface area (Å²) in [6.45, 7) is 3.83. The third-order valence-electron chi connectivity index (χ3n) is 6.74. The number of pyridine rings is 1. The Hall–Kier alpha value is -4.21. The molecule has 1 aliphatic rings. The van der Waals surface area contributed by atoms with E-state index >= 15 is 0 Å². The minimum Gasteiger partial charge on any atom is -0.373 e. The van der Waals surface area contributed by atoms with E-state index in [0.717, 1.165) is 21.7 Å². The normalized spacial score (nSPS) is 17.6. The molecule has 0 radical (unpaired) electrons. The van der Waals surface area contributed by atoms with Crippen molar-refractivity contribution >= 4 is 29.6 Å². The summed E-state index contributed by atoms with van der Waals surface area (Å²) in [5.41, 5.74) is 2.59. The predicted octanol–water partition coefficient (Wildman–Crippen LogP) is 3.06. The van der Waals surface area contributed by atoms with Gasteiger partial charge in [-0.25, -0.2) is 14.8 Å². The lowest BCUT2D eigenvalue weighted by Gasteiger charge is -2.45. The molecule has 0 bridgehead atoms. The molecular formula is C27H33N7O3. The number of nitrogens with zero attached hydrogens (tertiary/aromatic N) is 5. The maximum Gasteiger partial charge on any atom is 0.325 e. The van der Waals surface area contributed by atoms with Crippen LogP contribution in [0.15, 0.2) is 54.9 Å². The first-order valence-corrected chi connectivity index (χ1v) is 12.3. The van der Waals surface area contributed by atoms with Gasteiger partial charge >= 0.3 is 6.03 Å². The topological polar surface area (TPSA) is 112 Å². The van der Waals surface area contributed by atoms with E-state index < -0.39 is 18.0 Å². The van der Waals surface area contributed by atoms with Crippen LogP contribution in [0.5, 0.6) is 0 Å². The average molecular weight is 504 g/mol. The van der Waals surface area contributed by atoms with Crippen LogP contribution < -0.4 is 15.5 Å². The maximum atomic E-state index is 13.7. The molecule has 1 aromatic carbocycles. The van der Waals surface area contributed by atoms with Crippen LogP contribution in [0.3, 0.4) is 0 Å². The third kappa shape index (κ3) is 5.18. The van der Waals surface area contributed by atoms with Gasteiger partial charge in [0.05, 0.1) is 12.0 Å². The molecule has 4 amide bonds. The van der Waals surface area contributed by atoms with Crippen molar-refractivity contribution in [2.45, 2.75) is 38.8 Å². The van der Waals surface area contributed by atoms with Crippen LogP contribution in [0.1, 0.15) is 36.2 Å². The summed E-state index contributed by atoms with van der Waals surface area (Å²) in [6.07, 6.45) is 4.27. The molecule has 1 aliphatic heterocycles. The number of urea groups is 1. The van der Waals surface area contributed by atoms with E-state index in [1.165, 1.54) is 4.90 Å². The Kier molecular flexibility index (Phi) is 7.56. The number of β-lactam (4-membered cyclic amide) rings is 1. The Balaban J connectivity index is 1.62. The van der Waals surface area contributed by atoms with Gasteiger partial charge < -0.3 is 15.2 Å². The van der Waals surface area contributed by atoms with Crippen molar-refractivity contribution < 1.29 is 14.4 Å². The molecule has 10 nitrogen and oxygen atoms in total. The number of carbonyl (C=O) groups is 3. The van der Waals surface area contributed by atoms with E-state index in [-0.39, 0.29) is 17.9 Å². The minimum atomic E-state index is -0.964. The smallest absolute Gasteiger partial charge is 0.325 e. The van der Waals surface area contributed by atoms with Crippen LogP contribution in [0.25, 0.3) is 0 Å². The van der Waals surface area contributed by atoms with E-state index in [1.54, 1.807) is 38.1 Å². The van der Waals surface area contributed by atoms with E-state index in [0.29, 0.717) is 24.6 Å². The molecule has 3 heterocycles. The Morgan fingerprint density at radius 2 is 1.92 bits per heavy atom. The number of anilines is 2. The molecule has 194 valence electrons. The minimum absolute atomic E-state index is 0.287. The number of aryl methyl sites for hydroxylation is 2. The summed E-state index contributed by atoms with van der Waals surface area (Å²) < 4.78 is 1.71. The molecule has 3 aromatic rings. The number of imide groups is 1. The number of benzene rings is 1. The number of hydrogen-bond acceptors (Lipinski definition) is 6. The highest BCUT2D eigenvalue weighted by atomic mass is 16.2. The summed E-state index contributed by atoms with van der Waals surface area (Å²) in [5.74, 6) is -0.340. The van der Waals surface area contributed by atoms with Gasteiger partial charge in [-0.15, -0.1) is 0 Å². The first-order chi connectivity index (χ1) is 17.7. The van der Waals surface area contributed by atoms with Crippen LogP contribution in [-0.2, 0) is 23.1 Å². The van der Waals surface area contributed by atoms with Crippen molar-refractivity contribution in [3.05, 3.63) is 71.7 Å². The number of aromatic nitrogens is 3. The van der Waals surface area contributed by atoms with Gasteiger partial charge in [-0.1, -0.05) is 37.3 Å². The number of imidazole rings is 1. The Bertz CT molecular complexity index is 1290. The number of carbonyl (C=O) groups excluding carboxylic acids is 3. The van der Waals surface area contributed by atoms with Crippen molar-refractivity contribution in [3.63, 3.8) is 0 Å². The predicted molar refractivity (Wildman–Crippen MR) is 141 cm³/mol. The van der Waals surface area contributed by atoms with Crippen molar-refractivity contribution in [3.8, 4) is 0 Å². The van der Waals surface area contributed by atoms with E-state index in [9.17, 15) is 14.4 Å². The van der Waals surface area contributed by atoms with Crippen LogP contribution in [0, 0.1) is 12.8 Å². The van der Waals surface area contributed by atoms with E-state index in [2.05, 4.69) is 20.6 Å². The summed E-state index contributed by atoms with van der Waals surface area (Å²) in [5, 5.41) is 5.97. The maximum absolute atomic E-state index is 13.7. The lowest BCUT2D eigenvalue weighted by Crippen LogP contribution is -2.70. The van der Waals surface area contributed by atoms with Crippen molar-refractivity contribution in [1.29, 1.82) is 0 Å². The van der Waals surface area contributed by atoms with Crippen molar-refractivity contribution in [2.24, 2.45) is 13.0 Å². The van der Waals surface area contributed by atoms with Gasteiger partial charge in [-0.3, -0.25) is 19.4 Å². The Morgan fingerprint density at radius 3 is 2.54 bits per heavy atom. The quantitative estimate of drug-likeness (QED) is 0.457. The number of nitrogens with one attached hydrogen (secondary N) is 2. The van der Waals surface area contributed by atoms with Crippen LogP contribution >= 0.6 is 0 Å². The fraction of sp³-hybridized carbons (Fsp3) is 0.370. The second kappa shape index (κ2) is 10.8. The second-order valence-corrected chi connectivity index (χ2v) is 9.27. The monoisotopic (exact) mass is 503 g/mol. The molecule has 1 fully saturated rings. The summed E-state index contributed by atoms with van der Waals surface area (Å²) in [6, 6.07) is 11.5. The Labute approximate surface area is 216 Å². The lowest BCUT2D eigenvalue weighted by atomic mass is 9.81. The molecule has 2 aromatic heterocycles. The van der Waals surface area contributed by atoms with Gasteiger partial charge in [-0.05, 0) is 43.0 Å². The van der Waals surface area contributed by atoms with E-state index in [4.69, 9.17) is 0 Å². The molecule has 2 N–H and O–H groups in total. The van der Waals surface area contributed by atoms with Gasteiger partial charge in [-0.2, -0.15) is 0 Å². The molecule has 4 rings (SSSR count). The molecule has 0 unspecified atom stereocenters. The number of likely N-dealkylation sites (tertiary alicyclic amines) is 1. The summed E-state index contributed by atoms with van der Waals surface area (Å²) in [7, 11) is 5.16. The van der Waals surface area contributed by atoms with Crippen molar-refractivity contribution in [1.82, 2.24) is 24.8 Å². The molecule has 3 atom stereocenters. The third-order valence-corrected chi connectivity index (χ3v) is 6.74. The molecule has 0 saturated carbocycles. The van der Waals surface area contributed by atoms with Crippen molar-refractivity contribution in [2.75, 3.05) is 24.3 Å². The molecular weight excluding hydrogens is 470 g/mol. The molecule has 1 saturated heterocycles. The summed E-state index contributed by atoms with van der Waals surface area (Å²) >= 11 is 0.